The van der Waals surface area contributed by atoms with Crippen LogP contribution in [0.15, 0.2) is 58.7 Å². The van der Waals surface area contributed by atoms with Gasteiger partial charge in [0.1, 0.15) is 5.69 Å². The molecule has 5 rings (SSSR count). The molecule has 0 aliphatic carbocycles. The van der Waals surface area contributed by atoms with E-state index < -0.39 is 17.3 Å². The number of rotatable bonds is 6. The Morgan fingerprint density at radius 1 is 1.05 bits per heavy atom. The van der Waals surface area contributed by atoms with Crippen LogP contribution >= 0.6 is 11.3 Å². The van der Waals surface area contributed by atoms with Crippen LogP contribution in [-0.2, 0) is 12.8 Å². The lowest BCUT2D eigenvalue weighted by molar-refractivity contribution is 0.0784. The van der Waals surface area contributed by atoms with Gasteiger partial charge in [0.05, 0.1) is 10.7 Å². The largest absolute Gasteiger partial charge is 0.493 e. The molecular formula is C29H30N4O3S. The van der Waals surface area contributed by atoms with E-state index in [1.165, 1.54) is 15.9 Å². The zero-order chi connectivity index (χ0) is 26.1. The summed E-state index contributed by atoms with van der Waals surface area (Å²) in [5.74, 6) is -0.618. The lowest BCUT2D eigenvalue weighted by Gasteiger charge is -2.21. The predicted molar refractivity (Wildman–Crippen MR) is 146 cm³/mol. The normalized spacial score (nSPS) is 15.3. The minimum Gasteiger partial charge on any atom is -0.493 e. The first-order chi connectivity index (χ1) is 17.9. The number of likely N-dealkylation sites (tertiary alicyclic amines) is 1. The summed E-state index contributed by atoms with van der Waals surface area (Å²) in [6, 6.07) is 16.0. The number of thiazole rings is 1. The Morgan fingerprint density at radius 2 is 1.76 bits per heavy atom. The number of amides is 1. The van der Waals surface area contributed by atoms with Gasteiger partial charge in [-0.3, -0.25) is 14.2 Å². The van der Waals surface area contributed by atoms with Crippen LogP contribution in [0.3, 0.4) is 0 Å². The highest BCUT2D eigenvalue weighted by molar-refractivity contribution is 7.09. The summed E-state index contributed by atoms with van der Waals surface area (Å²) in [6.07, 6.45) is 2.19. The van der Waals surface area contributed by atoms with Gasteiger partial charge in [0.25, 0.3) is 11.5 Å². The third-order valence-electron chi connectivity index (χ3n) is 7.06. The average molecular weight is 515 g/mol. The van der Waals surface area contributed by atoms with E-state index in [1.807, 2.05) is 62.5 Å². The summed E-state index contributed by atoms with van der Waals surface area (Å²) in [4.78, 5) is 38.5. The van der Waals surface area contributed by atoms with E-state index in [0.29, 0.717) is 37.3 Å². The molecule has 2 aromatic heterocycles. The highest BCUT2D eigenvalue weighted by Gasteiger charge is 2.33. The van der Waals surface area contributed by atoms with Crippen LogP contribution in [0.4, 0.5) is 0 Å². The second kappa shape index (κ2) is 10.3. The van der Waals surface area contributed by atoms with Crippen molar-refractivity contribution in [2.24, 2.45) is 0 Å². The van der Waals surface area contributed by atoms with Crippen LogP contribution in [0, 0.1) is 6.92 Å². The SMILES string of the molecule is CCc1cccc(CC)c1-n1c(-c2csc(C)n2)nc(O)c(C(=O)N2CC[C@@H](c3ccccc3)C2)c1=O. The maximum atomic E-state index is 14.2. The molecule has 0 radical (unpaired) electrons. The molecule has 0 spiro atoms. The zero-order valence-corrected chi connectivity index (χ0v) is 22.1. The van der Waals surface area contributed by atoms with Crippen molar-refractivity contribution in [1.29, 1.82) is 0 Å². The van der Waals surface area contributed by atoms with Crippen LogP contribution in [0.1, 0.15) is 58.2 Å². The highest BCUT2D eigenvalue weighted by atomic mass is 32.1. The number of benzene rings is 2. The Labute approximate surface area is 220 Å². The molecule has 1 saturated heterocycles. The van der Waals surface area contributed by atoms with Crippen molar-refractivity contribution < 1.29 is 9.90 Å². The van der Waals surface area contributed by atoms with E-state index in [-0.39, 0.29) is 17.3 Å². The fourth-order valence-electron chi connectivity index (χ4n) is 5.14. The Hall–Kier alpha value is -3.78. The first kappa shape index (κ1) is 24.9. The minimum atomic E-state index is -0.572. The molecule has 1 amide bonds. The number of aromatic hydroxyl groups is 1. The van der Waals surface area contributed by atoms with Crippen LogP contribution < -0.4 is 5.56 Å². The second-order valence-electron chi connectivity index (χ2n) is 9.31. The quantitative estimate of drug-likeness (QED) is 0.386. The number of hydrogen-bond donors (Lipinski definition) is 1. The van der Waals surface area contributed by atoms with Gasteiger partial charge >= 0.3 is 0 Å². The maximum Gasteiger partial charge on any atom is 0.275 e. The number of carbonyl (C=O) groups is 1. The molecule has 1 N–H and O–H groups in total. The number of aryl methyl sites for hydroxylation is 3. The summed E-state index contributed by atoms with van der Waals surface area (Å²) in [5, 5.41) is 13.6. The van der Waals surface area contributed by atoms with Crippen molar-refractivity contribution >= 4 is 17.2 Å². The summed E-state index contributed by atoms with van der Waals surface area (Å²) in [5.41, 5.74) is 3.43. The van der Waals surface area contributed by atoms with Gasteiger partial charge in [-0.1, -0.05) is 62.4 Å². The average Bonchev–Trinajstić information content (AvgIpc) is 3.58. The van der Waals surface area contributed by atoms with E-state index in [2.05, 4.69) is 22.1 Å². The van der Waals surface area contributed by atoms with Crippen LogP contribution in [0.25, 0.3) is 17.2 Å². The van der Waals surface area contributed by atoms with E-state index in [9.17, 15) is 14.7 Å². The Bertz CT molecular complexity index is 1490. The maximum absolute atomic E-state index is 14.2. The van der Waals surface area contributed by atoms with Crippen molar-refractivity contribution in [2.45, 2.75) is 46.0 Å². The van der Waals surface area contributed by atoms with Crippen molar-refractivity contribution in [3.63, 3.8) is 0 Å². The van der Waals surface area contributed by atoms with Crippen molar-refractivity contribution in [2.75, 3.05) is 13.1 Å². The first-order valence-corrected chi connectivity index (χ1v) is 13.5. The predicted octanol–water partition coefficient (Wildman–Crippen LogP) is 5.12. The Morgan fingerprint density at radius 3 is 2.38 bits per heavy atom. The third kappa shape index (κ3) is 4.57. The minimum absolute atomic E-state index is 0.187. The number of nitrogens with zero attached hydrogens (tertiary/aromatic N) is 4. The molecule has 0 saturated carbocycles. The zero-order valence-electron chi connectivity index (χ0n) is 21.3. The summed E-state index contributed by atoms with van der Waals surface area (Å²) in [6.45, 7) is 6.94. The van der Waals surface area contributed by atoms with Crippen molar-refractivity contribution in [3.05, 3.63) is 91.5 Å². The standard InChI is InChI=1S/C29H30N4O3S/c1-4-19-12-9-13-20(5-2)25(19)33-26(23-17-37-18(3)30-23)31-27(34)24(29(33)36)28(35)32-15-14-22(16-32)21-10-7-6-8-11-21/h6-13,17,22,34H,4-5,14-16H2,1-3H3/t22-/m1/s1. The molecule has 7 nitrogen and oxygen atoms in total. The van der Waals surface area contributed by atoms with Gasteiger partial charge in [-0.25, -0.2) is 4.98 Å². The molecule has 8 heteroatoms. The van der Waals surface area contributed by atoms with Gasteiger partial charge in [0.15, 0.2) is 11.4 Å². The van der Waals surface area contributed by atoms with Gasteiger partial charge in [0.2, 0.25) is 5.88 Å². The van der Waals surface area contributed by atoms with E-state index in [1.54, 1.807) is 4.90 Å². The fourth-order valence-corrected chi connectivity index (χ4v) is 5.74. The molecule has 2 aromatic carbocycles. The molecular weight excluding hydrogens is 484 g/mol. The Kier molecular flexibility index (Phi) is 6.93. The lowest BCUT2D eigenvalue weighted by Crippen LogP contribution is -2.36. The van der Waals surface area contributed by atoms with Crippen molar-refractivity contribution in [1.82, 2.24) is 19.4 Å². The van der Waals surface area contributed by atoms with Crippen molar-refractivity contribution in [3.8, 4) is 23.1 Å². The van der Waals surface area contributed by atoms with Gasteiger partial charge in [-0.2, -0.15) is 4.98 Å². The number of para-hydroxylation sites is 1. The molecule has 1 aliphatic heterocycles. The topological polar surface area (TPSA) is 88.3 Å². The van der Waals surface area contributed by atoms with Crippen LogP contribution in [0.2, 0.25) is 0 Å². The van der Waals surface area contributed by atoms with E-state index in [0.717, 1.165) is 28.1 Å². The molecule has 1 aliphatic rings. The summed E-state index contributed by atoms with van der Waals surface area (Å²) < 4.78 is 1.49. The number of carbonyl (C=O) groups excluding carboxylic acids is 1. The number of hydrogen-bond acceptors (Lipinski definition) is 6. The second-order valence-corrected chi connectivity index (χ2v) is 10.4. The van der Waals surface area contributed by atoms with E-state index >= 15 is 0 Å². The monoisotopic (exact) mass is 514 g/mol. The summed E-state index contributed by atoms with van der Waals surface area (Å²) in [7, 11) is 0. The molecule has 1 atom stereocenters. The number of aromatic nitrogens is 3. The van der Waals surface area contributed by atoms with E-state index in [4.69, 9.17) is 0 Å². The van der Waals surface area contributed by atoms with Crippen LogP contribution in [0.5, 0.6) is 5.88 Å². The summed E-state index contributed by atoms with van der Waals surface area (Å²) >= 11 is 1.44. The lowest BCUT2D eigenvalue weighted by atomic mass is 9.99. The van der Waals surface area contributed by atoms with Gasteiger partial charge in [0, 0.05) is 24.4 Å². The molecule has 190 valence electrons. The van der Waals surface area contributed by atoms with Gasteiger partial charge in [-0.15, -0.1) is 11.3 Å². The molecule has 37 heavy (non-hydrogen) atoms. The molecule has 4 aromatic rings. The van der Waals surface area contributed by atoms with Gasteiger partial charge < -0.3 is 10.0 Å². The molecule has 0 bridgehead atoms. The Balaban J connectivity index is 1.66. The molecule has 1 fully saturated rings. The van der Waals surface area contributed by atoms with Crippen LogP contribution in [-0.4, -0.2) is 43.5 Å². The smallest absolute Gasteiger partial charge is 0.275 e. The highest BCUT2D eigenvalue weighted by Crippen LogP contribution is 2.31. The molecule has 0 unspecified atom stereocenters. The third-order valence-corrected chi connectivity index (χ3v) is 7.83. The van der Waals surface area contributed by atoms with Gasteiger partial charge in [-0.05, 0) is 42.9 Å². The fraction of sp³-hybridized carbons (Fsp3) is 0.310. The first-order valence-electron chi connectivity index (χ1n) is 12.7. The molecule has 3 heterocycles.